The lowest BCUT2D eigenvalue weighted by molar-refractivity contribution is -0.132. The van der Waals surface area contributed by atoms with Crippen molar-refractivity contribution in [2.24, 2.45) is 5.16 Å². The van der Waals surface area contributed by atoms with Crippen LogP contribution in [0.2, 0.25) is 0 Å². The lowest BCUT2D eigenvalue weighted by atomic mass is 9.91. The highest BCUT2D eigenvalue weighted by molar-refractivity contribution is 6.42. The number of rotatable bonds is 2. The highest BCUT2D eigenvalue weighted by Crippen LogP contribution is 2.11. The highest BCUT2D eigenvalue weighted by Gasteiger charge is 2.22. The number of hydrogen-bond acceptors (Lipinski definition) is 7. The number of methoxy groups -OCH3 is 1. The summed E-state index contributed by atoms with van der Waals surface area (Å²) in [5.41, 5.74) is 0.705. The quantitative estimate of drug-likeness (QED) is 0.250. The number of hydrogen-bond donors (Lipinski definition) is 1. The van der Waals surface area contributed by atoms with Gasteiger partial charge in [-0.05, 0) is 19.1 Å². The van der Waals surface area contributed by atoms with Crippen molar-refractivity contribution in [3.63, 3.8) is 0 Å². The summed E-state index contributed by atoms with van der Waals surface area (Å²) in [6.45, 7) is 1.88. The maximum absolute atomic E-state index is 11.8. The fourth-order valence-electron chi connectivity index (χ4n) is 1.69. The van der Waals surface area contributed by atoms with E-state index in [1.54, 1.807) is 12.1 Å². The topological polar surface area (TPSA) is 102 Å². The molecular weight excluding hydrogens is 263 g/mol. The van der Waals surface area contributed by atoms with Crippen LogP contribution < -0.4 is 11.1 Å². The Labute approximate surface area is 114 Å². The summed E-state index contributed by atoms with van der Waals surface area (Å²) in [6.07, 6.45) is 0. The monoisotopic (exact) mass is 274 g/mol. The van der Waals surface area contributed by atoms with Gasteiger partial charge in [-0.25, -0.2) is 14.6 Å². The normalized spacial score (nSPS) is 11.6. The van der Waals surface area contributed by atoms with Crippen molar-refractivity contribution in [1.29, 1.82) is 0 Å². The van der Waals surface area contributed by atoms with Crippen LogP contribution in [0.4, 0.5) is 0 Å². The van der Waals surface area contributed by atoms with Crippen molar-refractivity contribution in [1.82, 2.24) is 4.98 Å². The minimum Gasteiger partial charge on any atom is -0.464 e. The number of nitrogens with zero attached hydrogens (tertiary/aromatic N) is 2. The van der Waals surface area contributed by atoms with Gasteiger partial charge < -0.3 is 14.4 Å². The van der Waals surface area contributed by atoms with Gasteiger partial charge in [0, 0.05) is 0 Å². The minimum absolute atomic E-state index is 0.295. The summed E-state index contributed by atoms with van der Waals surface area (Å²) in [6, 6.07) is 3.39. The molecule has 0 saturated heterocycles. The van der Waals surface area contributed by atoms with Crippen LogP contribution >= 0.6 is 0 Å². The SMILES string of the molecule is Bc1cc2oc(=O)c(/C(=N\O)C(=O)OC)nc2cc1C. The second-order valence-corrected chi connectivity index (χ2v) is 4.19. The zero-order valence-corrected chi connectivity index (χ0v) is 11.1. The van der Waals surface area contributed by atoms with Crippen molar-refractivity contribution in [3.05, 3.63) is 33.8 Å². The maximum atomic E-state index is 11.8. The molecule has 7 nitrogen and oxygen atoms in total. The van der Waals surface area contributed by atoms with E-state index in [0.29, 0.717) is 11.1 Å². The fourth-order valence-corrected chi connectivity index (χ4v) is 1.69. The molecule has 2 aromatic rings. The first-order valence-electron chi connectivity index (χ1n) is 5.70. The largest absolute Gasteiger partial charge is 0.464 e. The lowest BCUT2D eigenvalue weighted by Gasteiger charge is -2.04. The Balaban J connectivity index is 2.73. The fraction of sp³-hybridized carbons (Fsp3) is 0.167. The molecule has 102 valence electrons. The third kappa shape index (κ3) is 2.27. The van der Waals surface area contributed by atoms with E-state index in [4.69, 9.17) is 9.62 Å². The summed E-state index contributed by atoms with van der Waals surface area (Å²) in [4.78, 5) is 27.3. The molecule has 0 fully saturated rings. The number of benzene rings is 1. The third-order valence-corrected chi connectivity index (χ3v) is 2.91. The number of carbonyl (C=O) groups excluding carboxylic acids is 1. The van der Waals surface area contributed by atoms with Gasteiger partial charge in [0.1, 0.15) is 13.4 Å². The first-order chi connectivity index (χ1) is 9.47. The Morgan fingerprint density at radius 2 is 2.20 bits per heavy atom. The van der Waals surface area contributed by atoms with Crippen LogP contribution in [0.25, 0.3) is 11.1 Å². The van der Waals surface area contributed by atoms with Gasteiger partial charge in [-0.3, -0.25) is 0 Å². The molecule has 0 amide bonds. The first-order valence-corrected chi connectivity index (χ1v) is 5.70. The number of aryl methyl sites for hydroxylation is 1. The Hall–Kier alpha value is -2.64. The highest BCUT2D eigenvalue weighted by atomic mass is 16.5. The zero-order chi connectivity index (χ0) is 14.9. The van der Waals surface area contributed by atoms with Gasteiger partial charge in [0.25, 0.3) is 0 Å². The van der Waals surface area contributed by atoms with Gasteiger partial charge in [-0.1, -0.05) is 16.2 Å². The van der Waals surface area contributed by atoms with Crippen molar-refractivity contribution in [2.75, 3.05) is 7.11 Å². The Morgan fingerprint density at radius 1 is 1.50 bits per heavy atom. The number of fused-ring (bicyclic) bond motifs is 1. The van der Waals surface area contributed by atoms with Crippen LogP contribution in [0, 0.1) is 6.92 Å². The molecule has 1 aromatic heterocycles. The molecule has 0 radical (unpaired) electrons. The molecule has 1 heterocycles. The van der Waals surface area contributed by atoms with Crippen LogP contribution in [-0.4, -0.2) is 36.8 Å². The van der Waals surface area contributed by atoms with E-state index < -0.39 is 23.0 Å². The molecule has 0 unspecified atom stereocenters. The number of ether oxygens (including phenoxy) is 1. The van der Waals surface area contributed by atoms with Crippen LogP contribution in [-0.2, 0) is 9.53 Å². The van der Waals surface area contributed by atoms with E-state index in [1.165, 1.54) is 0 Å². The van der Waals surface area contributed by atoms with Crippen LogP contribution in [0.3, 0.4) is 0 Å². The van der Waals surface area contributed by atoms with Gasteiger partial charge in [-0.15, -0.1) is 0 Å². The number of oxime groups is 1. The number of carbonyl (C=O) groups is 1. The molecule has 8 heteroatoms. The molecule has 2 rings (SSSR count). The van der Waals surface area contributed by atoms with E-state index >= 15 is 0 Å². The molecule has 0 aliphatic rings. The van der Waals surface area contributed by atoms with Gasteiger partial charge in [0.05, 0.1) is 7.11 Å². The number of aromatic nitrogens is 1. The van der Waals surface area contributed by atoms with Crippen molar-refractivity contribution < 1.29 is 19.2 Å². The maximum Gasteiger partial charge on any atom is 0.365 e. The average molecular weight is 274 g/mol. The van der Waals surface area contributed by atoms with E-state index in [2.05, 4.69) is 14.9 Å². The second kappa shape index (κ2) is 5.16. The van der Waals surface area contributed by atoms with E-state index in [1.807, 2.05) is 14.8 Å². The Kier molecular flexibility index (Phi) is 3.56. The zero-order valence-electron chi connectivity index (χ0n) is 11.1. The van der Waals surface area contributed by atoms with Gasteiger partial charge in [-0.2, -0.15) is 0 Å². The molecule has 20 heavy (non-hydrogen) atoms. The molecule has 1 aromatic carbocycles. The van der Waals surface area contributed by atoms with Crippen LogP contribution in [0.5, 0.6) is 0 Å². The molecule has 0 aliphatic heterocycles. The summed E-state index contributed by atoms with van der Waals surface area (Å²) < 4.78 is 9.51. The Bertz CT molecular complexity index is 781. The molecule has 0 spiro atoms. The van der Waals surface area contributed by atoms with Crippen LogP contribution in [0.15, 0.2) is 26.5 Å². The van der Waals surface area contributed by atoms with E-state index in [9.17, 15) is 9.59 Å². The molecule has 0 bridgehead atoms. The summed E-state index contributed by atoms with van der Waals surface area (Å²) >= 11 is 0. The standard InChI is InChI=1S/C12H11BN2O5/c1-5-3-7-8(4-6(5)13)20-12(17)9(14-7)10(15-18)11(16)19-2/h3-4,18H,13H2,1-2H3/b15-10+. The van der Waals surface area contributed by atoms with Gasteiger partial charge >= 0.3 is 11.6 Å². The Morgan fingerprint density at radius 3 is 2.80 bits per heavy atom. The van der Waals surface area contributed by atoms with E-state index in [0.717, 1.165) is 18.1 Å². The molecular formula is C12H11BN2O5. The predicted octanol–water partition coefficient (Wildman–Crippen LogP) is -0.894. The summed E-state index contributed by atoms with van der Waals surface area (Å²) in [5.74, 6) is -0.976. The third-order valence-electron chi connectivity index (χ3n) is 2.91. The molecule has 0 aliphatic carbocycles. The molecule has 0 atom stereocenters. The van der Waals surface area contributed by atoms with Crippen molar-refractivity contribution in [2.45, 2.75) is 6.92 Å². The summed E-state index contributed by atoms with van der Waals surface area (Å²) in [7, 11) is 2.97. The first kappa shape index (κ1) is 13.8. The van der Waals surface area contributed by atoms with Crippen LogP contribution in [0.1, 0.15) is 11.3 Å². The van der Waals surface area contributed by atoms with Crippen molar-refractivity contribution >= 4 is 36.1 Å². The predicted molar refractivity (Wildman–Crippen MR) is 73.5 cm³/mol. The van der Waals surface area contributed by atoms with E-state index in [-0.39, 0.29) is 0 Å². The summed E-state index contributed by atoms with van der Waals surface area (Å²) in [5, 5.41) is 11.6. The average Bonchev–Trinajstić information content (AvgIpc) is 2.42. The number of esters is 1. The molecule has 1 N–H and O–H groups in total. The van der Waals surface area contributed by atoms with Gasteiger partial charge in [0.2, 0.25) is 5.71 Å². The lowest BCUT2D eigenvalue weighted by Crippen LogP contribution is -2.26. The minimum atomic E-state index is -0.976. The smallest absolute Gasteiger partial charge is 0.365 e. The molecule has 0 saturated carbocycles. The van der Waals surface area contributed by atoms with Gasteiger partial charge in [0.15, 0.2) is 11.3 Å². The second-order valence-electron chi connectivity index (χ2n) is 4.19. The van der Waals surface area contributed by atoms with Crippen molar-refractivity contribution in [3.8, 4) is 0 Å².